The number of esters is 1. The number of rotatable bonds is 3. The molecule has 0 aromatic carbocycles. The van der Waals surface area contributed by atoms with Crippen LogP contribution < -0.4 is 0 Å². The predicted molar refractivity (Wildman–Crippen MR) is 51.3 cm³/mol. The summed E-state index contributed by atoms with van der Waals surface area (Å²) in [6.45, 7) is 0. The molecule has 3 atom stereocenters. The van der Waals surface area contributed by atoms with Crippen LogP contribution in [0.1, 0.15) is 12.8 Å². The predicted octanol–water partition coefficient (Wildman–Crippen LogP) is -0.201. The second-order valence-electron chi connectivity index (χ2n) is 3.63. The quantitative estimate of drug-likeness (QED) is 0.379. The molecule has 0 aliphatic heterocycles. The van der Waals surface area contributed by atoms with E-state index in [4.69, 9.17) is 4.74 Å². The molecule has 1 aliphatic carbocycles. The summed E-state index contributed by atoms with van der Waals surface area (Å²) in [6.07, 6.45) is -1.05. The molecule has 0 unspecified atom stereocenters. The molecule has 0 spiro atoms. The van der Waals surface area contributed by atoms with Gasteiger partial charge in [0.15, 0.2) is 0 Å². The lowest BCUT2D eigenvalue weighted by atomic mass is 9.82. The first kappa shape index (κ1) is 12.6. The number of methoxy groups -OCH3 is 2. The third kappa shape index (κ3) is 2.35. The van der Waals surface area contributed by atoms with E-state index in [9.17, 15) is 19.7 Å². The van der Waals surface area contributed by atoms with E-state index in [1.165, 1.54) is 7.11 Å². The van der Waals surface area contributed by atoms with Crippen molar-refractivity contribution in [3.8, 4) is 0 Å². The van der Waals surface area contributed by atoms with E-state index in [0.717, 1.165) is 7.11 Å². The van der Waals surface area contributed by atoms with Gasteiger partial charge < -0.3 is 9.47 Å². The fourth-order valence-corrected chi connectivity index (χ4v) is 1.93. The Bertz CT molecular complexity index is 315. The summed E-state index contributed by atoms with van der Waals surface area (Å²) < 4.78 is 9.35. The fraction of sp³-hybridized carbons (Fsp3) is 0.778. The highest BCUT2D eigenvalue weighted by atomic mass is 16.6. The average Bonchev–Trinajstić information content (AvgIpc) is 2.26. The first-order valence-electron chi connectivity index (χ1n) is 4.77. The Kier molecular flexibility index (Phi) is 3.94. The summed E-state index contributed by atoms with van der Waals surface area (Å²) >= 11 is 0. The van der Waals surface area contributed by atoms with E-state index >= 15 is 0 Å². The van der Waals surface area contributed by atoms with Crippen LogP contribution in [-0.2, 0) is 19.1 Å². The second kappa shape index (κ2) is 5.02. The van der Waals surface area contributed by atoms with Gasteiger partial charge in [-0.15, -0.1) is 0 Å². The first-order chi connectivity index (χ1) is 7.51. The summed E-state index contributed by atoms with van der Waals surface area (Å²) in [6, 6.07) is -1.21. The summed E-state index contributed by atoms with van der Waals surface area (Å²) in [5, 5.41) is 10.9. The number of hydrogen-bond acceptors (Lipinski definition) is 6. The second-order valence-corrected chi connectivity index (χ2v) is 3.63. The molecular weight excluding hydrogens is 218 g/mol. The number of carbonyl (C=O) groups is 2. The minimum Gasteiger partial charge on any atom is -0.469 e. The summed E-state index contributed by atoms with van der Waals surface area (Å²) in [4.78, 5) is 33.0. The molecule has 7 heteroatoms. The molecule has 0 heterocycles. The van der Waals surface area contributed by atoms with Crippen LogP contribution in [0, 0.1) is 16.0 Å². The molecule has 1 saturated carbocycles. The van der Waals surface area contributed by atoms with Crippen LogP contribution in [0.15, 0.2) is 0 Å². The maximum absolute atomic E-state index is 11.4. The summed E-state index contributed by atoms with van der Waals surface area (Å²) in [5.74, 6) is -2.01. The van der Waals surface area contributed by atoms with E-state index in [2.05, 4.69) is 4.74 Å². The largest absolute Gasteiger partial charge is 0.469 e. The highest BCUT2D eigenvalue weighted by molar-refractivity contribution is 5.86. The van der Waals surface area contributed by atoms with Gasteiger partial charge in [-0.1, -0.05) is 0 Å². The number of Topliss-reactive ketones (excluding diaryl/α,β-unsaturated/α-hetero) is 1. The third-order valence-corrected chi connectivity index (χ3v) is 2.72. The SMILES string of the molecule is COC(=O)[C@@H]1CC(=O)C[C@H](OC)[C@H]1[N+](=O)[O-]. The lowest BCUT2D eigenvalue weighted by Gasteiger charge is -2.28. The molecule has 0 N–H and O–H groups in total. The van der Waals surface area contributed by atoms with Gasteiger partial charge in [0.05, 0.1) is 7.11 Å². The van der Waals surface area contributed by atoms with Gasteiger partial charge in [0, 0.05) is 24.9 Å². The zero-order valence-corrected chi connectivity index (χ0v) is 9.04. The molecule has 0 amide bonds. The summed E-state index contributed by atoms with van der Waals surface area (Å²) in [7, 11) is 2.42. The number of nitro groups is 1. The molecule has 0 saturated heterocycles. The van der Waals surface area contributed by atoms with Crippen LogP contribution in [0.25, 0.3) is 0 Å². The maximum Gasteiger partial charge on any atom is 0.316 e. The standard InChI is InChI=1S/C9H13NO6/c1-15-7-4-5(11)3-6(9(12)16-2)8(7)10(13)14/h6-8H,3-4H2,1-2H3/t6-,7+,8+/m1/s1. The van der Waals surface area contributed by atoms with Gasteiger partial charge in [-0.2, -0.15) is 0 Å². The molecule has 1 fully saturated rings. The van der Waals surface area contributed by atoms with E-state index in [1.54, 1.807) is 0 Å². The van der Waals surface area contributed by atoms with E-state index in [0.29, 0.717) is 0 Å². The number of hydrogen-bond donors (Lipinski definition) is 0. The van der Waals surface area contributed by atoms with Crippen molar-refractivity contribution in [2.75, 3.05) is 14.2 Å². The Morgan fingerprint density at radius 1 is 1.44 bits per heavy atom. The van der Waals surface area contributed by atoms with Crippen molar-refractivity contribution < 1.29 is 24.0 Å². The maximum atomic E-state index is 11.4. The zero-order valence-electron chi connectivity index (χ0n) is 9.04. The van der Waals surface area contributed by atoms with Gasteiger partial charge in [-0.05, 0) is 0 Å². The number of nitrogens with zero attached hydrogens (tertiary/aromatic N) is 1. The van der Waals surface area contributed by atoms with Crippen molar-refractivity contribution >= 4 is 11.8 Å². The van der Waals surface area contributed by atoms with E-state index < -0.39 is 29.0 Å². The van der Waals surface area contributed by atoms with E-state index in [-0.39, 0.29) is 18.6 Å². The van der Waals surface area contributed by atoms with Crippen molar-refractivity contribution in [3.63, 3.8) is 0 Å². The molecule has 0 bridgehead atoms. The van der Waals surface area contributed by atoms with Crippen molar-refractivity contribution in [1.82, 2.24) is 0 Å². The van der Waals surface area contributed by atoms with Crippen LogP contribution >= 0.6 is 0 Å². The van der Waals surface area contributed by atoms with Gasteiger partial charge in [-0.3, -0.25) is 19.7 Å². The van der Waals surface area contributed by atoms with Crippen molar-refractivity contribution in [3.05, 3.63) is 10.1 Å². The Morgan fingerprint density at radius 2 is 2.06 bits per heavy atom. The van der Waals surface area contributed by atoms with Gasteiger partial charge in [-0.25, -0.2) is 0 Å². The Balaban J connectivity index is 2.96. The Hall–Kier alpha value is -1.50. The third-order valence-electron chi connectivity index (χ3n) is 2.72. The van der Waals surface area contributed by atoms with E-state index in [1.807, 2.05) is 0 Å². The van der Waals surface area contributed by atoms with Crippen LogP contribution in [0.4, 0.5) is 0 Å². The molecule has 0 aromatic heterocycles. The highest BCUT2D eigenvalue weighted by Crippen LogP contribution is 2.27. The smallest absolute Gasteiger partial charge is 0.316 e. The van der Waals surface area contributed by atoms with Crippen molar-refractivity contribution in [2.45, 2.75) is 25.0 Å². The van der Waals surface area contributed by atoms with Crippen LogP contribution in [0.2, 0.25) is 0 Å². The Labute approximate surface area is 91.9 Å². The molecule has 90 valence electrons. The van der Waals surface area contributed by atoms with Gasteiger partial charge in [0.1, 0.15) is 17.8 Å². The van der Waals surface area contributed by atoms with Gasteiger partial charge >= 0.3 is 5.97 Å². The Morgan fingerprint density at radius 3 is 2.50 bits per heavy atom. The minimum atomic E-state index is -1.21. The zero-order chi connectivity index (χ0) is 12.3. The molecule has 0 radical (unpaired) electrons. The van der Waals surface area contributed by atoms with Gasteiger partial charge in [0.2, 0.25) is 0 Å². The number of ketones is 1. The monoisotopic (exact) mass is 231 g/mol. The number of ether oxygens (including phenoxy) is 2. The molecular formula is C9H13NO6. The normalized spacial score (nSPS) is 29.9. The molecule has 7 nitrogen and oxygen atoms in total. The highest BCUT2D eigenvalue weighted by Gasteiger charge is 2.49. The molecule has 16 heavy (non-hydrogen) atoms. The lowest BCUT2D eigenvalue weighted by molar-refractivity contribution is -0.543. The van der Waals surface area contributed by atoms with Crippen LogP contribution in [-0.4, -0.2) is 43.0 Å². The van der Waals surface area contributed by atoms with Crippen LogP contribution in [0.5, 0.6) is 0 Å². The topological polar surface area (TPSA) is 95.7 Å². The minimum absolute atomic E-state index is 0.0321. The average molecular weight is 231 g/mol. The van der Waals surface area contributed by atoms with Crippen molar-refractivity contribution in [2.24, 2.45) is 5.92 Å². The molecule has 1 aliphatic rings. The lowest BCUT2D eigenvalue weighted by Crippen LogP contribution is -2.50. The summed E-state index contributed by atoms with van der Waals surface area (Å²) in [5.41, 5.74) is 0. The number of carbonyl (C=O) groups excluding carboxylic acids is 2. The molecule has 0 aromatic rings. The van der Waals surface area contributed by atoms with Crippen LogP contribution in [0.3, 0.4) is 0 Å². The van der Waals surface area contributed by atoms with Crippen molar-refractivity contribution in [1.29, 1.82) is 0 Å². The fourth-order valence-electron chi connectivity index (χ4n) is 1.93. The molecule has 1 rings (SSSR count). The first-order valence-corrected chi connectivity index (χ1v) is 4.77. The van der Waals surface area contributed by atoms with Gasteiger partial charge in [0.25, 0.3) is 6.04 Å².